The average Bonchev–Trinajstić information content (AvgIpc) is 3.41. The van der Waals surface area contributed by atoms with E-state index in [2.05, 4.69) is 31.7 Å². The van der Waals surface area contributed by atoms with Crippen LogP contribution >= 0.6 is 0 Å². The average molecular weight is 389 g/mol. The fourth-order valence-corrected chi connectivity index (χ4v) is 3.95. The van der Waals surface area contributed by atoms with Crippen molar-refractivity contribution >= 4 is 16.8 Å². The van der Waals surface area contributed by atoms with E-state index in [1.807, 2.05) is 35.6 Å². The second-order valence-corrected chi connectivity index (χ2v) is 7.39. The van der Waals surface area contributed by atoms with Crippen LogP contribution in [0.15, 0.2) is 61.2 Å². The van der Waals surface area contributed by atoms with Crippen LogP contribution in [0.5, 0.6) is 0 Å². The zero-order valence-corrected chi connectivity index (χ0v) is 15.8. The highest BCUT2D eigenvalue weighted by Gasteiger charge is 2.26. The number of imidazole rings is 1. The molecule has 0 aliphatic carbocycles. The minimum absolute atomic E-state index is 0.113. The Morgan fingerprint density at radius 1 is 1.17 bits per heavy atom. The number of halogens is 1. The van der Waals surface area contributed by atoms with Gasteiger partial charge in [-0.3, -0.25) is 4.79 Å². The van der Waals surface area contributed by atoms with E-state index in [9.17, 15) is 9.18 Å². The number of hydrogen-bond donors (Lipinski definition) is 1. The summed E-state index contributed by atoms with van der Waals surface area (Å²) in [5, 5.41) is 1.15. The molecule has 1 unspecified atom stereocenters. The smallest absolute Gasteiger partial charge is 0.255 e. The van der Waals surface area contributed by atoms with Crippen molar-refractivity contribution in [2.45, 2.75) is 18.9 Å². The van der Waals surface area contributed by atoms with Gasteiger partial charge in [-0.25, -0.2) is 9.97 Å². The first-order chi connectivity index (χ1) is 14.2. The predicted octanol–water partition coefficient (Wildman–Crippen LogP) is 4.04. The summed E-state index contributed by atoms with van der Waals surface area (Å²) >= 11 is 0. The number of likely N-dealkylation sites (tertiary alicyclic amines) is 1. The van der Waals surface area contributed by atoms with Crippen molar-refractivity contribution in [1.82, 2.24) is 24.4 Å². The predicted molar refractivity (Wildman–Crippen MR) is 108 cm³/mol. The minimum atomic E-state index is -0.582. The first-order valence-electron chi connectivity index (χ1n) is 9.70. The van der Waals surface area contributed by atoms with Crippen LogP contribution < -0.4 is 0 Å². The van der Waals surface area contributed by atoms with Crippen molar-refractivity contribution < 1.29 is 9.18 Å². The zero-order chi connectivity index (χ0) is 19.8. The number of nitrogens with one attached hydrogen (secondary N) is 1. The van der Waals surface area contributed by atoms with E-state index >= 15 is 0 Å². The summed E-state index contributed by atoms with van der Waals surface area (Å²) in [5.74, 6) is -0.695. The molecule has 3 aromatic heterocycles. The summed E-state index contributed by atoms with van der Waals surface area (Å²) < 4.78 is 15.1. The van der Waals surface area contributed by atoms with Gasteiger partial charge >= 0.3 is 0 Å². The van der Waals surface area contributed by atoms with E-state index < -0.39 is 5.95 Å². The van der Waals surface area contributed by atoms with Gasteiger partial charge in [0.2, 0.25) is 5.95 Å². The Labute approximate surface area is 167 Å². The summed E-state index contributed by atoms with van der Waals surface area (Å²) in [6, 6.07) is 13.1. The molecule has 0 saturated carbocycles. The van der Waals surface area contributed by atoms with Crippen molar-refractivity contribution in [3.05, 3.63) is 72.7 Å². The number of hydrogen-bond acceptors (Lipinski definition) is 3. The van der Waals surface area contributed by atoms with E-state index in [-0.39, 0.29) is 11.9 Å². The highest BCUT2D eigenvalue weighted by atomic mass is 19.1. The van der Waals surface area contributed by atoms with Crippen molar-refractivity contribution in [1.29, 1.82) is 0 Å². The molecule has 4 heterocycles. The number of aromatic nitrogens is 4. The SMILES string of the molecule is O=C(c1ccc(F)nc1)N1CCCC(n2cnc(-c3cc4ccccc4[nH]3)c2)C1. The molecule has 1 aliphatic heterocycles. The fraction of sp³-hybridized carbons (Fsp3) is 0.227. The maximum Gasteiger partial charge on any atom is 0.255 e. The number of piperidine rings is 1. The first-order valence-corrected chi connectivity index (χ1v) is 9.70. The van der Waals surface area contributed by atoms with Gasteiger partial charge in [-0.1, -0.05) is 18.2 Å². The molecule has 1 N–H and O–H groups in total. The number of H-pyrrole nitrogens is 1. The van der Waals surface area contributed by atoms with E-state index in [1.165, 1.54) is 18.3 Å². The van der Waals surface area contributed by atoms with E-state index in [0.29, 0.717) is 18.7 Å². The first kappa shape index (κ1) is 17.6. The Kier molecular flexibility index (Phi) is 4.35. The van der Waals surface area contributed by atoms with Crippen molar-refractivity contribution in [3.8, 4) is 11.4 Å². The Balaban J connectivity index is 1.34. The van der Waals surface area contributed by atoms with Gasteiger partial charge in [0.15, 0.2) is 0 Å². The van der Waals surface area contributed by atoms with Gasteiger partial charge in [-0.2, -0.15) is 4.39 Å². The number of nitrogens with zero attached hydrogens (tertiary/aromatic N) is 4. The van der Waals surface area contributed by atoms with Gasteiger partial charge in [0.05, 0.1) is 23.6 Å². The highest BCUT2D eigenvalue weighted by molar-refractivity contribution is 5.94. The van der Waals surface area contributed by atoms with Crippen LogP contribution in [0, 0.1) is 5.95 Å². The maximum absolute atomic E-state index is 13.0. The summed E-state index contributed by atoms with van der Waals surface area (Å²) in [6.45, 7) is 1.29. The number of pyridine rings is 1. The number of amides is 1. The van der Waals surface area contributed by atoms with Crippen molar-refractivity contribution in [3.63, 3.8) is 0 Å². The fourth-order valence-electron chi connectivity index (χ4n) is 3.95. The Bertz CT molecular complexity index is 1130. The molecule has 0 radical (unpaired) electrons. The van der Waals surface area contributed by atoms with Gasteiger partial charge < -0.3 is 14.5 Å². The van der Waals surface area contributed by atoms with Gasteiger partial charge in [-0.05, 0) is 37.1 Å². The standard InChI is InChI=1S/C22H20FN5O/c23-21-8-7-16(11-24-21)22(29)27-9-3-5-17(12-27)28-13-20(25-14-28)19-10-15-4-1-2-6-18(15)26-19/h1-2,4,6-8,10-11,13-14,17,26H,3,5,9,12H2. The minimum Gasteiger partial charge on any atom is -0.353 e. The van der Waals surface area contributed by atoms with Gasteiger partial charge in [0.25, 0.3) is 5.91 Å². The Morgan fingerprint density at radius 3 is 2.90 bits per heavy atom. The number of benzene rings is 1. The molecule has 5 rings (SSSR count). The molecule has 0 spiro atoms. The summed E-state index contributed by atoms with van der Waals surface area (Å²) in [6.07, 6.45) is 7.05. The molecule has 1 fully saturated rings. The van der Waals surface area contributed by atoms with E-state index in [4.69, 9.17) is 0 Å². The molecule has 1 amide bonds. The van der Waals surface area contributed by atoms with Crippen molar-refractivity contribution in [2.24, 2.45) is 0 Å². The van der Waals surface area contributed by atoms with Crippen LogP contribution in [0.3, 0.4) is 0 Å². The monoisotopic (exact) mass is 389 g/mol. The maximum atomic E-state index is 13.0. The normalized spacial score (nSPS) is 17.0. The zero-order valence-electron chi connectivity index (χ0n) is 15.8. The lowest BCUT2D eigenvalue weighted by Gasteiger charge is -2.33. The lowest BCUT2D eigenvalue weighted by atomic mass is 10.0. The number of para-hydroxylation sites is 1. The van der Waals surface area contributed by atoms with Crippen LogP contribution in [-0.4, -0.2) is 43.4 Å². The third-order valence-electron chi connectivity index (χ3n) is 5.49. The third-order valence-corrected chi connectivity index (χ3v) is 5.49. The number of rotatable bonds is 3. The molecule has 1 atom stereocenters. The number of fused-ring (bicyclic) bond motifs is 1. The molecule has 7 heteroatoms. The molecule has 29 heavy (non-hydrogen) atoms. The van der Waals surface area contributed by atoms with Crippen molar-refractivity contribution in [2.75, 3.05) is 13.1 Å². The molecule has 6 nitrogen and oxygen atoms in total. The van der Waals surface area contributed by atoms with E-state index in [1.54, 1.807) is 0 Å². The molecule has 0 bridgehead atoms. The van der Waals surface area contributed by atoms with E-state index in [0.717, 1.165) is 35.1 Å². The molecule has 1 aromatic carbocycles. The van der Waals surface area contributed by atoms with Gasteiger partial charge in [-0.15, -0.1) is 0 Å². The number of aromatic amines is 1. The summed E-state index contributed by atoms with van der Waals surface area (Å²) in [4.78, 5) is 26.1. The van der Waals surface area contributed by atoms with Crippen LogP contribution in [-0.2, 0) is 0 Å². The topological polar surface area (TPSA) is 66.8 Å². The van der Waals surface area contributed by atoms with Crippen LogP contribution in [0.25, 0.3) is 22.3 Å². The molecule has 146 valence electrons. The summed E-state index contributed by atoms with van der Waals surface area (Å²) in [5.41, 5.74) is 3.36. The van der Waals surface area contributed by atoms with Crippen LogP contribution in [0.1, 0.15) is 29.2 Å². The molecular formula is C22H20FN5O. The van der Waals surface area contributed by atoms with Crippen LogP contribution in [0.4, 0.5) is 4.39 Å². The second-order valence-electron chi connectivity index (χ2n) is 7.39. The van der Waals surface area contributed by atoms with Gasteiger partial charge in [0.1, 0.15) is 5.69 Å². The number of carbonyl (C=O) groups excluding carboxylic acids is 1. The van der Waals surface area contributed by atoms with Crippen LogP contribution in [0.2, 0.25) is 0 Å². The Morgan fingerprint density at radius 2 is 2.07 bits per heavy atom. The Hall–Kier alpha value is -3.48. The molecule has 1 aliphatic rings. The quantitative estimate of drug-likeness (QED) is 0.538. The van der Waals surface area contributed by atoms with Gasteiger partial charge in [0, 0.05) is 36.4 Å². The lowest BCUT2D eigenvalue weighted by Crippen LogP contribution is -2.40. The lowest BCUT2D eigenvalue weighted by molar-refractivity contribution is 0.0679. The summed E-state index contributed by atoms with van der Waals surface area (Å²) in [7, 11) is 0. The largest absolute Gasteiger partial charge is 0.353 e. The third kappa shape index (κ3) is 3.40. The molecule has 4 aromatic rings. The molecule has 1 saturated heterocycles. The highest BCUT2D eigenvalue weighted by Crippen LogP contribution is 2.27. The number of carbonyl (C=O) groups is 1. The molecular weight excluding hydrogens is 369 g/mol. The second kappa shape index (κ2) is 7.16.